The maximum atomic E-state index is 13.5. The molecule has 0 aliphatic carbocycles. The van der Waals surface area contributed by atoms with Crippen molar-refractivity contribution in [2.24, 2.45) is 5.73 Å². The molecule has 0 heterocycles. The van der Waals surface area contributed by atoms with E-state index in [9.17, 15) is 14.5 Å². The highest BCUT2D eigenvalue weighted by Crippen LogP contribution is 2.32. The van der Waals surface area contributed by atoms with Crippen LogP contribution in [0.3, 0.4) is 0 Å². The number of benzene rings is 2. The largest absolute Gasteiger partial charge is 0.456 e. The lowest BCUT2D eigenvalue weighted by Crippen LogP contribution is -2.13. The second-order valence-electron chi connectivity index (χ2n) is 4.00. The molecule has 0 aliphatic heterocycles. The van der Waals surface area contributed by atoms with Crippen molar-refractivity contribution in [3.63, 3.8) is 0 Å². The van der Waals surface area contributed by atoms with Gasteiger partial charge in [0.15, 0.2) is 0 Å². The molecule has 0 spiro atoms. The molecule has 3 N–H and O–H groups in total. The molecule has 0 saturated carbocycles. The zero-order valence-electron chi connectivity index (χ0n) is 10.5. The lowest BCUT2D eigenvalue weighted by Gasteiger charge is -2.11. The third-order valence-electron chi connectivity index (χ3n) is 2.59. The summed E-state index contributed by atoms with van der Waals surface area (Å²) >= 11 is 3.24. The van der Waals surface area contributed by atoms with Crippen LogP contribution in [0.1, 0.15) is 5.56 Å². The maximum absolute atomic E-state index is 13.5. The number of nitrogens with two attached hydrogens (primary N) is 1. The Labute approximate surface area is 127 Å². The van der Waals surface area contributed by atoms with E-state index in [1.807, 2.05) is 0 Å². The average molecular weight is 354 g/mol. The number of nitrogen functional groups attached to an aromatic ring is 1. The summed E-state index contributed by atoms with van der Waals surface area (Å²) in [6, 6.07) is 8.08. The molecule has 108 valence electrons. The summed E-state index contributed by atoms with van der Waals surface area (Å²) in [5.41, 5.74) is 5.15. The van der Waals surface area contributed by atoms with Crippen molar-refractivity contribution in [1.82, 2.24) is 0 Å². The molecule has 0 saturated heterocycles. The first kappa shape index (κ1) is 14.9. The maximum Gasteiger partial charge on any atom is 0.305 e. The molecule has 0 amide bonds. The predicted octanol–water partition coefficient (Wildman–Crippen LogP) is 3.57. The molecule has 0 radical (unpaired) electrons. The van der Waals surface area contributed by atoms with E-state index in [1.165, 1.54) is 6.07 Å². The fraction of sp³-hybridized carbons (Fsp3) is 0. The van der Waals surface area contributed by atoms with Gasteiger partial charge in [0.2, 0.25) is 5.82 Å². The first-order chi connectivity index (χ1) is 9.90. The number of ether oxygens (including phenoxy) is 1. The minimum Gasteiger partial charge on any atom is -0.456 e. The number of hydrogen-bond acceptors (Lipinski definition) is 4. The van der Waals surface area contributed by atoms with Gasteiger partial charge in [0.1, 0.15) is 17.3 Å². The van der Waals surface area contributed by atoms with E-state index in [-0.39, 0.29) is 17.3 Å². The number of hydrogen-bond donors (Lipinski definition) is 2. The number of nitrogens with zero attached hydrogens (tertiary/aromatic N) is 1. The summed E-state index contributed by atoms with van der Waals surface area (Å²) in [7, 11) is 0. The van der Waals surface area contributed by atoms with Gasteiger partial charge in [0.25, 0.3) is 0 Å². The summed E-state index contributed by atoms with van der Waals surface area (Å²) in [4.78, 5) is 9.73. The number of nitro benzene ring substituents is 1. The zero-order valence-corrected chi connectivity index (χ0v) is 12.1. The van der Waals surface area contributed by atoms with Gasteiger partial charge < -0.3 is 10.5 Å². The highest BCUT2D eigenvalue weighted by Gasteiger charge is 2.16. The van der Waals surface area contributed by atoms with Crippen LogP contribution in [0, 0.1) is 21.3 Å². The van der Waals surface area contributed by atoms with Crippen molar-refractivity contribution in [2.75, 3.05) is 0 Å². The van der Waals surface area contributed by atoms with Crippen molar-refractivity contribution >= 4 is 27.5 Å². The summed E-state index contributed by atoms with van der Waals surface area (Å²) in [6.07, 6.45) is 0. The summed E-state index contributed by atoms with van der Waals surface area (Å²) in [6.45, 7) is 0. The second-order valence-corrected chi connectivity index (χ2v) is 4.85. The Morgan fingerprint density at radius 2 is 2.10 bits per heavy atom. The van der Waals surface area contributed by atoms with Crippen LogP contribution >= 0.6 is 15.9 Å². The molecule has 0 unspecified atom stereocenters. The fourth-order valence-electron chi connectivity index (χ4n) is 1.68. The number of rotatable bonds is 4. The van der Waals surface area contributed by atoms with Gasteiger partial charge in [-0.05, 0) is 34.1 Å². The van der Waals surface area contributed by atoms with Gasteiger partial charge in [-0.3, -0.25) is 15.5 Å². The van der Waals surface area contributed by atoms with Gasteiger partial charge in [0.05, 0.1) is 10.5 Å². The average Bonchev–Trinajstić information content (AvgIpc) is 2.37. The molecule has 0 aliphatic rings. The summed E-state index contributed by atoms with van der Waals surface area (Å²) in [5.74, 6) is -0.916. The molecule has 6 nitrogen and oxygen atoms in total. The topological polar surface area (TPSA) is 102 Å². The van der Waals surface area contributed by atoms with Crippen LogP contribution in [-0.4, -0.2) is 10.8 Å². The summed E-state index contributed by atoms with van der Waals surface area (Å²) < 4.78 is 19.5. The van der Waals surface area contributed by atoms with Gasteiger partial charge >= 0.3 is 5.69 Å². The molecule has 2 aromatic carbocycles. The molecular weight excluding hydrogens is 345 g/mol. The minimum atomic E-state index is -1.00. The van der Waals surface area contributed by atoms with Crippen molar-refractivity contribution in [3.05, 3.63) is 62.4 Å². The van der Waals surface area contributed by atoms with E-state index in [2.05, 4.69) is 15.9 Å². The van der Waals surface area contributed by atoms with Crippen LogP contribution in [0.2, 0.25) is 0 Å². The van der Waals surface area contributed by atoms with Gasteiger partial charge in [-0.1, -0.05) is 6.07 Å². The fourth-order valence-corrected chi connectivity index (χ4v) is 2.24. The molecule has 21 heavy (non-hydrogen) atoms. The van der Waals surface area contributed by atoms with Gasteiger partial charge in [-0.15, -0.1) is 0 Å². The van der Waals surface area contributed by atoms with Crippen LogP contribution in [0.4, 0.5) is 10.1 Å². The molecule has 2 aromatic rings. The SMILES string of the molecule is N=C(N)c1c(Br)cccc1Oc1ccc([N+](=O)[O-])c(F)c1. The lowest BCUT2D eigenvalue weighted by atomic mass is 10.2. The highest BCUT2D eigenvalue weighted by atomic mass is 79.9. The van der Waals surface area contributed by atoms with E-state index in [4.69, 9.17) is 15.9 Å². The Morgan fingerprint density at radius 1 is 1.38 bits per heavy atom. The standard InChI is InChI=1S/C13H9BrFN3O3/c14-8-2-1-3-11(12(8)13(16)17)21-7-4-5-10(18(19)20)9(15)6-7/h1-6H,(H3,16,17). The predicted molar refractivity (Wildman–Crippen MR) is 78.3 cm³/mol. The minimum absolute atomic E-state index is 0.0682. The van der Waals surface area contributed by atoms with Crippen molar-refractivity contribution < 1.29 is 14.1 Å². The van der Waals surface area contributed by atoms with E-state index in [1.54, 1.807) is 18.2 Å². The quantitative estimate of drug-likeness (QED) is 0.379. The molecule has 0 fully saturated rings. The van der Waals surface area contributed by atoms with Gasteiger partial charge in [0, 0.05) is 16.6 Å². The smallest absolute Gasteiger partial charge is 0.305 e. The van der Waals surface area contributed by atoms with Crippen molar-refractivity contribution in [3.8, 4) is 11.5 Å². The Balaban J connectivity index is 2.39. The molecule has 0 aromatic heterocycles. The highest BCUT2D eigenvalue weighted by molar-refractivity contribution is 9.10. The third-order valence-corrected chi connectivity index (χ3v) is 3.25. The van der Waals surface area contributed by atoms with Crippen LogP contribution < -0.4 is 10.5 Å². The van der Waals surface area contributed by atoms with Crippen LogP contribution in [-0.2, 0) is 0 Å². The summed E-state index contributed by atoms with van der Waals surface area (Å²) in [5, 5.41) is 18.1. The third kappa shape index (κ3) is 3.16. The number of nitrogens with one attached hydrogen (secondary N) is 1. The number of nitro groups is 1. The number of halogens is 2. The Morgan fingerprint density at radius 3 is 2.67 bits per heavy atom. The van der Waals surface area contributed by atoms with Crippen LogP contribution in [0.25, 0.3) is 0 Å². The molecule has 2 rings (SSSR count). The molecular formula is C13H9BrFN3O3. The first-order valence-electron chi connectivity index (χ1n) is 5.65. The van der Waals surface area contributed by atoms with E-state index in [0.29, 0.717) is 10.0 Å². The Bertz CT molecular complexity index is 737. The zero-order chi connectivity index (χ0) is 15.6. The van der Waals surface area contributed by atoms with Crippen molar-refractivity contribution in [2.45, 2.75) is 0 Å². The second kappa shape index (κ2) is 5.88. The number of amidine groups is 1. The lowest BCUT2D eigenvalue weighted by molar-refractivity contribution is -0.387. The normalized spacial score (nSPS) is 10.2. The first-order valence-corrected chi connectivity index (χ1v) is 6.44. The van der Waals surface area contributed by atoms with E-state index < -0.39 is 16.4 Å². The van der Waals surface area contributed by atoms with Gasteiger partial charge in [-0.2, -0.15) is 4.39 Å². The van der Waals surface area contributed by atoms with Gasteiger partial charge in [-0.25, -0.2) is 0 Å². The Hall–Kier alpha value is -2.48. The van der Waals surface area contributed by atoms with Crippen LogP contribution in [0.5, 0.6) is 11.5 Å². The van der Waals surface area contributed by atoms with Crippen molar-refractivity contribution in [1.29, 1.82) is 5.41 Å². The molecule has 8 heteroatoms. The van der Waals surface area contributed by atoms with E-state index >= 15 is 0 Å². The van der Waals surface area contributed by atoms with Crippen LogP contribution in [0.15, 0.2) is 40.9 Å². The molecule has 0 atom stereocenters. The molecule has 0 bridgehead atoms. The Kier molecular flexibility index (Phi) is 4.18. The monoisotopic (exact) mass is 353 g/mol. The van der Waals surface area contributed by atoms with E-state index in [0.717, 1.165) is 12.1 Å².